The van der Waals surface area contributed by atoms with Gasteiger partial charge in [0.15, 0.2) is 0 Å². The second-order valence-corrected chi connectivity index (χ2v) is 5.29. The highest BCUT2D eigenvalue weighted by atomic mass is 16.7. The van der Waals surface area contributed by atoms with Gasteiger partial charge in [0.05, 0.1) is 13.2 Å². The molecule has 2 saturated heterocycles. The van der Waals surface area contributed by atoms with Crippen LogP contribution in [-0.2, 0) is 23.8 Å². The molecule has 0 bridgehead atoms. The molecular formula is C15H17N3O6. The summed E-state index contributed by atoms with van der Waals surface area (Å²) in [6, 6.07) is 6.85. The van der Waals surface area contributed by atoms with Crippen LogP contribution in [-0.4, -0.2) is 57.1 Å². The Morgan fingerprint density at radius 2 is 1.88 bits per heavy atom. The first kappa shape index (κ1) is 16.2. The van der Waals surface area contributed by atoms with Gasteiger partial charge in [0.2, 0.25) is 0 Å². The van der Waals surface area contributed by atoms with Gasteiger partial charge >= 0.3 is 6.09 Å². The highest BCUT2D eigenvalue weighted by Crippen LogP contribution is 2.26. The minimum atomic E-state index is -1.23. The fourth-order valence-electron chi connectivity index (χ4n) is 2.63. The molecule has 2 atom stereocenters. The van der Waals surface area contributed by atoms with Crippen LogP contribution >= 0.6 is 0 Å². The fraction of sp³-hybridized carbons (Fsp3) is 0.400. The Hall–Kier alpha value is -2.65. The lowest BCUT2D eigenvalue weighted by Crippen LogP contribution is -2.48. The number of carbonyl (C=O) groups excluding carboxylic acids is 3. The minimum Gasteiger partial charge on any atom is -0.443 e. The molecule has 2 aliphatic heterocycles. The number of hydrogen-bond acceptors (Lipinski definition) is 7. The predicted molar refractivity (Wildman–Crippen MR) is 82.4 cm³/mol. The van der Waals surface area contributed by atoms with Gasteiger partial charge in [-0.25, -0.2) is 4.79 Å². The second-order valence-electron chi connectivity index (χ2n) is 5.29. The number of benzene rings is 1. The largest absolute Gasteiger partial charge is 0.443 e. The predicted octanol–water partition coefficient (Wildman–Crippen LogP) is -0.167. The lowest BCUT2D eigenvalue weighted by molar-refractivity contribution is -0.179. The molecule has 1 unspecified atom stereocenters. The summed E-state index contributed by atoms with van der Waals surface area (Å²) in [7, 11) is 0. The van der Waals surface area contributed by atoms with Crippen molar-refractivity contribution in [3.8, 4) is 0 Å². The molecule has 9 nitrogen and oxygen atoms in total. The van der Waals surface area contributed by atoms with Crippen LogP contribution in [0.15, 0.2) is 24.3 Å². The Labute approximate surface area is 137 Å². The summed E-state index contributed by atoms with van der Waals surface area (Å²) in [5.74, 6) is -0.454. The lowest BCUT2D eigenvalue weighted by atomic mass is 10.2. The van der Waals surface area contributed by atoms with E-state index in [4.69, 9.17) is 15.2 Å². The van der Waals surface area contributed by atoms with E-state index < -0.39 is 18.3 Å². The second kappa shape index (κ2) is 6.85. The molecule has 1 aromatic carbocycles. The molecule has 2 heterocycles. The van der Waals surface area contributed by atoms with Crippen LogP contribution in [0.1, 0.15) is 0 Å². The molecule has 0 radical (unpaired) electrons. The number of cyclic esters (lactones) is 1. The van der Waals surface area contributed by atoms with E-state index in [0.29, 0.717) is 24.5 Å². The van der Waals surface area contributed by atoms with Crippen LogP contribution in [0.5, 0.6) is 0 Å². The Balaban J connectivity index is 1.73. The molecule has 2 amide bonds. The average Bonchev–Trinajstić information content (AvgIpc) is 2.98. The minimum absolute atomic E-state index is 0.183. The first-order valence-corrected chi connectivity index (χ1v) is 7.44. The number of anilines is 2. The maximum absolute atomic E-state index is 12.2. The summed E-state index contributed by atoms with van der Waals surface area (Å²) < 4.78 is 14.8. The van der Waals surface area contributed by atoms with Gasteiger partial charge in [-0.3, -0.25) is 14.5 Å². The highest BCUT2D eigenvalue weighted by molar-refractivity contribution is 5.97. The van der Waals surface area contributed by atoms with Crippen LogP contribution in [0.3, 0.4) is 0 Å². The zero-order chi connectivity index (χ0) is 17.1. The summed E-state index contributed by atoms with van der Waals surface area (Å²) in [6.07, 6.45) is -1.99. The van der Waals surface area contributed by atoms with Crippen molar-refractivity contribution in [3.05, 3.63) is 24.3 Å². The van der Waals surface area contributed by atoms with Gasteiger partial charge < -0.3 is 24.8 Å². The summed E-state index contributed by atoms with van der Waals surface area (Å²) in [5.41, 5.74) is 6.79. The molecule has 2 aliphatic rings. The van der Waals surface area contributed by atoms with Gasteiger partial charge in [-0.15, -0.1) is 0 Å². The zero-order valence-electron chi connectivity index (χ0n) is 12.8. The number of nitrogens with two attached hydrogens (primary N) is 1. The number of carbonyl (C=O) groups is 3. The van der Waals surface area contributed by atoms with E-state index >= 15 is 0 Å². The summed E-state index contributed by atoms with van der Waals surface area (Å²) in [6.45, 7) is 1.43. The molecule has 0 spiro atoms. The molecule has 0 saturated carbocycles. The van der Waals surface area contributed by atoms with Gasteiger partial charge in [0.25, 0.3) is 18.7 Å². The summed E-state index contributed by atoms with van der Waals surface area (Å²) in [4.78, 5) is 37.4. The number of ether oxygens (including phenoxy) is 3. The van der Waals surface area contributed by atoms with E-state index in [1.807, 2.05) is 0 Å². The Morgan fingerprint density at radius 3 is 2.46 bits per heavy atom. The van der Waals surface area contributed by atoms with Crippen LogP contribution in [0, 0.1) is 0 Å². The monoisotopic (exact) mass is 335 g/mol. The number of morpholine rings is 1. The van der Waals surface area contributed by atoms with Gasteiger partial charge in [-0.05, 0) is 24.3 Å². The normalized spacial score (nSPS) is 24.0. The Kier molecular flexibility index (Phi) is 4.63. The summed E-state index contributed by atoms with van der Waals surface area (Å²) in [5, 5.41) is 0. The molecule has 9 heteroatoms. The van der Waals surface area contributed by atoms with Crippen LogP contribution in [0.2, 0.25) is 0 Å². The van der Waals surface area contributed by atoms with E-state index in [1.54, 1.807) is 24.3 Å². The molecule has 24 heavy (non-hydrogen) atoms. The number of nitrogens with zero attached hydrogens (tertiary/aromatic N) is 2. The molecule has 3 rings (SSSR count). The van der Waals surface area contributed by atoms with Crippen molar-refractivity contribution < 1.29 is 28.6 Å². The van der Waals surface area contributed by atoms with E-state index in [2.05, 4.69) is 4.74 Å². The third-order valence-electron chi connectivity index (χ3n) is 3.84. The maximum Gasteiger partial charge on any atom is 0.414 e. The van der Waals surface area contributed by atoms with E-state index in [0.717, 1.165) is 0 Å². The van der Waals surface area contributed by atoms with Gasteiger partial charge in [-0.2, -0.15) is 0 Å². The Morgan fingerprint density at radius 1 is 1.21 bits per heavy atom. The maximum atomic E-state index is 12.2. The number of amides is 2. The van der Waals surface area contributed by atoms with Crippen molar-refractivity contribution in [1.29, 1.82) is 0 Å². The van der Waals surface area contributed by atoms with Gasteiger partial charge in [0.1, 0.15) is 6.10 Å². The topological polar surface area (TPSA) is 111 Å². The third kappa shape index (κ3) is 3.03. The SMILES string of the molecule is NC[C@H]1CN(c2ccc(N3CCOC(OC=O)C3=O)cc2)C(=O)O1. The fourth-order valence-corrected chi connectivity index (χ4v) is 2.63. The molecule has 128 valence electrons. The standard InChI is InChI=1S/C15H17N3O6/c16-7-12-8-18(15(21)24-12)11-3-1-10(2-4-11)17-5-6-22-14(13(17)20)23-9-19/h1-4,9,12,14H,5-8,16H2/t12-,14?/m0/s1. The summed E-state index contributed by atoms with van der Waals surface area (Å²) >= 11 is 0. The van der Waals surface area contributed by atoms with Gasteiger partial charge in [-0.1, -0.05) is 0 Å². The van der Waals surface area contributed by atoms with Crippen molar-refractivity contribution in [2.75, 3.05) is 36.0 Å². The van der Waals surface area contributed by atoms with Crippen molar-refractivity contribution in [3.63, 3.8) is 0 Å². The quantitative estimate of drug-likeness (QED) is 0.744. The number of hydrogen-bond donors (Lipinski definition) is 1. The van der Waals surface area contributed by atoms with Gasteiger partial charge in [0, 0.05) is 24.5 Å². The number of rotatable bonds is 5. The highest BCUT2D eigenvalue weighted by Gasteiger charge is 2.33. The van der Waals surface area contributed by atoms with Crippen molar-refractivity contribution in [1.82, 2.24) is 0 Å². The van der Waals surface area contributed by atoms with E-state index in [9.17, 15) is 14.4 Å². The smallest absolute Gasteiger partial charge is 0.414 e. The third-order valence-corrected chi connectivity index (χ3v) is 3.84. The first-order valence-electron chi connectivity index (χ1n) is 7.44. The Bertz CT molecular complexity index is 635. The van der Waals surface area contributed by atoms with Crippen LogP contribution in [0.25, 0.3) is 0 Å². The lowest BCUT2D eigenvalue weighted by Gasteiger charge is -2.31. The first-order chi connectivity index (χ1) is 11.6. The molecule has 1 aromatic rings. The molecule has 2 N–H and O–H groups in total. The van der Waals surface area contributed by atoms with E-state index in [-0.39, 0.29) is 25.7 Å². The molecule has 2 fully saturated rings. The van der Waals surface area contributed by atoms with Crippen LogP contribution in [0.4, 0.5) is 16.2 Å². The van der Waals surface area contributed by atoms with Crippen molar-refractivity contribution >= 4 is 29.8 Å². The van der Waals surface area contributed by atoms with Crippen LogP contribution < -0.4 is 15.5 Å². The van der Waals surface area contributed by atoms with Crippen molar-refractivity contribution in [2.45, 2.75) is 12.4 Å². The molecule has 0 aliphatic carbocycles. The van der Waals surface area contributed by atoms with Crippen molar-refractivity contribution in [2.24, 2.45) is 5.73 Å². The molecule has 0 aromatic heterocycles. The average molecular weight is 335 g/mol. The zero-order valence-corrected chi connectivity index (χ0v) is 12.8. The molecular weight excluding hydrogens is 318 g/mol. The van der Waals surface area contributed by atoms with E-state index in [1.165, 1.54) is 9.80 Å².